The highest BCUT2D eigenvalue weighted by molar-refractivity contribution is 7.99. The van der Waals surface area contributed by atoms with E-state index in [4.69, 9.17) is 22.2 Å². The monoisotopic (exact) mass is 533 g/mol. The second kappa shape index (κ2) is 12.2. The summed E-state index contributed by atoms with van der Waals surface area (Å²) >= 11 is 7.18. The maximum atomic E-state index is 5.74. The summed E-state index contributed by atoms with van der Waals surface area (Å²) in [5.74, 6) is 2.17. The van der Waals surface area contributed by atoms with Crippen LogP contribution in [0.1, 0.15) is 57.4 Å². The van der Waals surface area contributed by atoms with Crippen molar-refractivity contribution in [2.24, 2.45) is 5.92 Å². The van der Waals surface area contributed by atoms with Crippen molar-refractivity contribution in [3.63, 3.8) is 0 Å². The quantitative estimate of drug-likeness (QED) is 0.221. The molecule has 0 unspecified atom stereocenters. The standard InChI is InChI=1S/C28H35N7S2/c1-21-11-17-35(18-12-21)23-19-24(37-27-29-15-8-16-30-27)33-25(32-23)34-26(36)31-20-28(13-6-3-7-14-28)22-9-4-2-5-10-22/h2,4-5,8-10,15-16,19,21H,3,6-7,11-14,17-18,20H2,1H3,(H2,31,32,33,34,36). The maximum Gasteiger partial charge on any atom is 0.232 e. The van der Waals surface area contributed by atoms with Crippen molar-refractivity contribution < 1.29 is 0 Å². The topological polar surface area (TPSA) is 78.9 Å². The van der Waals surface area contributed by atoms with E-state index in [0.717, 1.165) is 36.4 Å². The van der Waals surface area contributed by atoms with Gasteiger partial charge in [0.2, 0.25) is 5.95 Å². The molecule has 0 radical (unpaired) electrons. The lowest BCUT2D eigenvalue weighted by molar-refractivity contribution is 0.292. The third kappa shape index (κ3) is 6.76. The molecule has 0 spiro atoms. The molecule has 1 aliphatic carbocycles. The molecule has 0 amide bonds. The summed E-state index contributed by atoms with van der Waals surface area (Å²) in [7, 11) is 0. The van der Waals surface area contributed by atoms with E-state index >= 15 is 0 Å². The van der Waals surface area contributed by atoms with E-state index in [9.17, 15) is 0 Å². The Bertz CT molecular complexity index is 1160. The molecule has 1 saturated carbocycles. The van der Waals surface area contributed by atoms with Crippen LogP contribution in [0.5, 0.6) is 0 Å². The van der Waals surface area contributed by atoms with E-state index in [1.54, 1.807) is 12.4 Å². The van der Waals surface area contributed by atoms with E-state index in [1.807, 2.05) is 12.1 Å². The van der Waals surface area contributed by atoms with Crippen LogP contribution in [0.4, 0.5) is 11.8 Å². The first-order chi connectivity index (χ1) is 18.1. The Morgan fingerprint density at radius 1 is 1.03 bits per heavy atom. The predicted molar refractivity (Wildman–Crippen MR) is 154 cm³/mol. The number of rotatable bonds is 7. The zero-order valence-electron chi connectivity index (χ0n) is 21.4. The van der Waals surface area contributed by atoms with E-state index in [2.05, 4.69) is 62.8 Å². The number of hydrogen-bond donors (Lipinski definition) is 2. The van der Waals surface area contributed by atoms with Crippen molar-refractivity contribution in [1.82, 2.24) is 25.3 Å². The van der Waals surface area contributed by atoms with Crippen LogP contribution in [0.15, 0.2) is 65.0 Å². The highest BCUT2D eigenvalue weighted by atomic mass is 32.2. The lowest BCUT2D eigenvalue weighted by Crippen LogP contribution is -2.43. The Labute approximate surface area is 229 Å². The summed E-state index contributed by atoms with van der Waals surface area (Å²) in [6, 6.07) is 14.7. The average Bonchev–Trinajstić information content (AvgIpc) is 2.94. The largest absolute Gasteiger partial charge is 0.361 e. The minimum Gasteiger partial charge on any atom is -0.361 e. The van der Waals surface area contributed by atoms with Crippen molar-refractivity contribution in [2.45, 2.75) is 67.5 Å². The van der Waals surface area contributed by atoms with Crippen molar-refractivity contribution >= 4 is 40.9 Å². The fourth-order valence-electron chi connectivity index (χ4n) is 5.34. The molecule has 0 bridgehead atoms. The molecule has 7 nitrogen and oxygen atoms in total. The SMILES string of the molecule is CC1CCN(c2cc(Sc3ncccn3)nc(NC(=S)NCC3(c4ccccc4)CCCCC3)n2)CC1. The fraction of sp³-hybridized carbons (Fsp3) is 0.464. The molecule has 5 rings (SSSR count). The number of thiocarbonyl (C=S) groups is 1. The molecule has 9 heteroatoms. The lowest BCUT2D eigenvalue weighted by Gasteiger charge is -2.38. The molecule has 3 heterocycles. The van der Waals surface area contributed by atoms with E-state index in [1.165, 1.54) is 62.3 Å². The molecule has 2 fully saturated rings. The molecular weight excluding hydrogens is 498 g/mol. The normalized spacial score (nSPS) is 17.8. The first kappa shape index (κ1) is 25.9. The fourth-order valence-corrected chi connectivity index (χ4v) is 6.21. The molecule has 1 saturated heterocycles. The zero-order chi connectivity index (χ0) is 25.5. The van der Waals surface area contributed by atoms with E-state index in [-0.39, 0.29) is 5.41 Å². The Balaban J connectivity index is 1.32. The van der Waals surface area contributed by atoms with E-state index in [0.29, 0.717) is 16.2 Å². The minimum absolute atomic E-state index is 0.101. The Morgan fingerprint density at radius 3 is 2.49 bits per heavy atom. The Hall–Kier alpha value is -2.78. The van der Waals surface area contributed by atoms with Crippen molar-refractivity contribution in [3.8, 4) is 0 Å². The minimum atomic E-state index is 0.101. The molecule has 1 aliphatic heterocycles. The number of benzene rings is 1. The van der Waals surface area contributed by atoms with Crippen LogP contribution >= 0.6 is 24.0 Å². The van der Waals surface area contributed by atoms with Gasteiger partial charge < -0.3 is 15.5 Å². The molecule has 2 aliphatic rings. The van der Waals surface area contributed by atoms with Gasteiger partial charge in [0.1, 0.15) is 10.8 Å². The van der Waals surface area contributed by atoms with Gasteiger partial charge in [0.15, 0.2) is 10.3 Å². The summed E-state index contributed by atoms with van der Waals surface area (Å²) in [6.07, 6.45) is 12.0. The van der Waals surface area contributed by atoms with Gasteiger partial charge in [-0.3, -0.25) is 0 Å². The smallest absolute Gasteiger partial charge is 0.232 e. The van der Waals surface area contributed by atoms with Crippen LogP contribution in [0.2, 0.25) is 0 Å². The van der Waals surface area contributed by atoms with Crippen molar-refractivity contribution in [1.29, 1.82) is 0 Å². The van der Waals surface area contributed by atoms with E-state index < -0.39 is 0 Å². The second-order valence-corrected chi connectivity index (χ2v) is 11.6. The maximum absolute atomic E-state index is 5.74. The molecule has 0 atom stereocenters. The molecule has 1 aromatic carbocycles. The van der Waals surface area contributed by atoms with Crippen molar-refractivity contribution in [3.05, 3.63) is 60.4 Å². The lowest BCUT2D eigenvalue weighted by atomic mass is 9.69. The third-order valence-corrected chi connectivity index (χ3v) is 8.60. The van der Waals surface area contributed by atoms with Gasteiger partial charge in [-0.2, -0.15) is 4.98 Å². The van der Waals surface area contributed by atoms with Crippen molar-refractivity contribution in [2.75, 3.05) is 29.9 Å². The third-order valence-electron chi connectivity index (χ3n) is 7.54. The first-order valence-electron chi connectivity index (χ1n) is 13.3. The highest BCUT2D eigenvalue weighted by Crippen LogP contribution is 2.39. The number of aromatic nitrogens is 4. The van der Waals surface area contributed by atoms with Crippen LogP contribution in [-0.2, 0) is 5.41 Å². The number of nitrogens with zero attached hydrogens (tertiary/aromatic N) is 5. The zero-order valence-corrected chi connectivity index (χ0v) is 23.0. The first-order valence-corrected chi connectivity index (χ1v) is 14.5. The Kier molecular flexibility index (Phi) is 8.51. The molecule has 3 aromatic rings. The van der Waals surface area contributed by atoms with Gasteiger partial charge in [-0.25, -0.2) is 15.0 Å². The van der Waals surface area contributed by atoms with Gasteiger partial charge >= 0.3 is 0 Å². The number of piperidine rings is 1. The highest BCUT2D eigenvalue weighted by Gasteiger charge is 2.33. The molecule has 37 heavy (non-hydrogen) atoms. The Morgan fingerprint density at radius 2 is 1.76 bits per heavy atom. The molecule has 194 valence electrons. The predicted octanol–water partition coefficient (Wildman–Crippen LogP) is 5.84. The number of hydrogen-bond acceptors (Lipinski definition) is 7. The van der Waals surface area contributed by atoms with Gasteiger partial charge in [-0.05, 0) is 67.2 Å². The summed E-state index contributed by atoms with van der Waals surface area (Å²) in [4.78, 5) is 20.7. The van der Waals surface area contributed by atoms with Crippen LogP contribution in [0.3, 0.4) is 0 Å². The van der Waals surface area contributed by atoms with Gasteiger partial charge in [0, 0.05) is 43.5 Å². The number of anilines is 2. The summed E-state index contributed by atoms with van der Waals surface area (Å²) in [6.45, 7) is 5.10. The summed E-state index contributed by atoms with van der Waals surface area (Å²) < 4.78 is 0. The van der Waals surface area contributed by atoms with Crippen LogP contribution in [-0.4, -0.2) is 44.7 Å². The summed E-state index contributed by atoms with van der Waals surface area (Å²) in [5, 5.41) is 8.80. The molecule has 2 N–H and O–H groups in total. The van der Waals surface area contributed by atoms with Gasteiger partial charge in [0.05, 0.1) is 0 Å². The van der Waals surface area contributed by atoms with Crippen LogP contribution in [0, 0.1) is 5.92 Å². The molecule has 2 aromatic heterocycles. The van der Waals surface area contributed by atoms with Crippen LogP contribution in [0.25, 0.3) is 0 Å². The molecular formula is C28H35N7S2. The van der Waals surface area contributed by atoms with Crippen LogP contribution < -0.4 is 15.5 Å². The second-order valence-electron chi connectivity index (χ2n) is 10.2. The van der Waals surface area contributed by atoms with Gasteiger partial charge in [-0.1, -0.05) is 56.5 Å². The summed E-state index contributed by atoms with van der Waals surface area (Å²) in [5.41, 5.74) is 1.49. The average molecular weight is 534 g/mol. The van der Waals surface area contributed by atoms with Gasteiger partial charge in [-0.15, -0.1) is 0 Å². The number of nitrogens with one attached hydrogen (secondary N) is 2. The van der Waals surface area contributed by atoms with Gasteiger partial charge in [0.25, 0.3) is 0 Å².